The summed E-state index contributed by atoms with van der Waals surface area (Å²) in [7, 11) is 0. The molecular formula is C7H16AgNO3. The molecule has 0 rings (SSSR count). The largest absolute Gasteiger partial charge is 1.00 e. The van der Waals surface area contributed by atoms with Gasteiger partial charge in [0, 0.05) is 0 Å². The van der Waals surface area contributed by atoms with E-state index in [4.69, 9.17) is 15.9 Å². The van der Waals surface area contributed by atoms with Crippen molar-refractivity contribution >= 4 is 5.97 Å². The van der Waals surface area contributed by atoms with Gasteiger partial charge in [0.2, 0.25) is 0 Å². The van der Waals surface area contributed by atoms with Gasteiger partial charge >= 0.3 is 28.3 Å². The number of rotatable bonds is 1. The van der Waals surface area contributed by atoms with Gasteiger partial charge in [-0.1, -0.05) is 20.8 Å². The predicted octanol–water partition coefficient (Wildman–Crippen LogP) is 1.29. The molecule has 0 aromatic rings. The van der Waals surface area contributed by atoms with Crippen LogP contribution in [-0.4, -0.2) is 27.8 Å². The minimum Gasteiger partial charge on any atom is -0.673 e. The quantitative estimate of drug-likeness (QED) is 0.704. The van der Waals surface area contributed by atoms with Crippen molar-refractivity contribution < 1.29 is 37.4 Å². The van der Waals surface area contributed by atoms with Gasteiger partial charge in [-0.15, -0.1) is 5.54 Å². The molecule has 0 amide bonds. The fraction of sp³-hybridized carbons (Fsp3) is 0.857. The number of hydrogen-bond acceptors (Lipinski definition) is 2. The summed E-state index contributed by atoms with van der Waals surface area (Å²) < 4.78 is 0. The van der Waals surface area contributed by atoms with Gasteiger partial charge in [-0.2, -0.15) is 0 Å². The topological polar surface area (TPSA) is 81.3 Å². The van der Waals surface area contributed by atoms with Crippen molar-refractivity contribution in [1.82, 2.24) is 0 Å². The van der Waals surface area contributed by atoms with Crippen LogP contribution in [-0.2, 0) is 27.2 Å². The number of aliphatic hydroxyl groups excluding tert-OH is 1. The van der Waals surface area contributed by atoms with E-state index in [1.165, 1.54) is 6.92 Å². The molecule has 0 aromatic carbocycles. The summed E-state index contributed by atoms with van der Waals surface area (Å²) in [4.78, 5) is 9.45. The number of carboxylic acids is 1. The Morgan fingerprint density at radius 1 is 1.42 bits per heavy atom. The molecule has 0 bridgehead atoms. The summed E-state index contributed by atoms with van der Waals surface area (Å²) >= 11 is 0. The Labute approximate surface area is 88.7 Å². The first-order chi connectivity index (χ1) is 4.64. The third kappa shape index (κ3) is 49.5. The van der Waals surface area contributed by atoms with Crippen LogP contribution < -0.4 is 0 Å². The Morgan fingerprint density at radius 2 is 1.50 bits per heavy atom. The molecule has 1 unspecified atom stereocenters. The van der Waals surface area contributed by atoms with Gasteiger partial charge in [0.15, 0.2) is 0 Å². The number of nitrogens with one attached hydrogen (secondary N) is 1. The monoisotopic (exact) mass is 269 g/mol. The summed E-state index contributed by atoms with van der Waals surface area (Å²) in [6.07, 6.45) is -1.23. The van der Waals surface area contributed by atoms with Gasteiger partial charge < -0.3 is 15.9 Å². The molecule has 78 valence electrons. The zero-order valence-corrected chi connectivity index (χ0v) is 9.16. The molecule has 0 aliphatic heterocycles. The maximum Gasteiger partial charge on any atom is 1.00 e. The van der Waals surface area contributed by atoms with Gasteiger partial charge in [-0.05, 0) is 6.92 Å². The van der Waals surface area contributed by atoms with Crippen LogP contribution in [0, 0.1) is 0 Å². The van der Waals surface area contributed by atoms with Crippen molar-refractivity contribution in [2.75, 3.05) is 0 Å². The van der Waals surface area contributed by atoms with Gasteiger partial charge in [-0.3, -0.25) is 0 Å². The second-order valence-corrected chi connectivity index (χ2v) is 3.26. The number of aliphatic hydroxyl groups is 1. The van der Waals surface area contributed by atoms with Crippen LogP contribution in [0.4, 0.5) is 0 Å². The van der Waals surface area contributed by atoms with Crippen LogP contribution in [0.1, 0.15) is 27.7 Å². The molecule has 0 aromatic heterocycles. The van der Waals surface area contributed by atoms with Crippen LogP contribution >= 0.6 is 0 Å². The fourth-order valence-electron chi connectivity index (χ4n) is 0. The van der Waals surface area contributed by atoms with Crippen LogP contribution in [0.2, 0.25) is 0 Å². The van der Waals surface area contributed by atoms with E-state index in [0.717, 1.165) is 0 Å². The molecular weight excluding hydrogens is 254 g/mol. The number of aliphatic carboxylic acids is 1. The smallest absolute Gasteiger partial charge is 0.673 e. The maximum absolute atomic E-state index is 9.45. The molecule has 0 heterocycles. The van der Waals surface area contributed by atoms with Crippen molar-refractivity contribution in [2.45, 2.75) is 39.3 Å². The molecule has 1 atom stereocenters. The number of carbonyl (C=O) groups is 1. The van der Waals surface area contributed by atoms with E-state index in [1.54, 1.807) is 0 Å². The second kappa shape index (κ2) is 7.76. The molecule has 5 heteroatoms. The average molecular weight is 270 g/mol. The first kappa shape index (κ1) is 18.0. The van der Waals surface area contributed by atoms with Crippen LogP contribution in [0.5, 0.6) is 0 Å². The average Bonchev–Trinajstić information content (AvgIpc) is 1.59. The summed E-state index contributed by atoms with van der Waals surface area (Å²) in [5.74, 6) is -1.19. The van der Waals surface area contributed by atoms with Crippen LogP contribution in [0.3, 0.4) is 0 Å². The number of hydrogen-bond donors (Lipinski definition) is 2. The summed E-state index contributed by atoms with van der Waals surface area (Å²) in [6, 6.07) is 0. The molecule has 0 spiro atoms. The van der Waals surface area contributed by atoms with Gasteiger partial charge in [0.05, 0.1) is 0 Å². The van der Waals surface area contributed by atoms with Gasteiger partial charge in [-0.25, -0.2) is 4.79 Å². The van der Waals surface area contributed by atoms with Crippen molar-refractivity contribution in [3.05, 3.63) is 5.73 Å². The third-order valence-corrected chi connectivity index (χ3v) is 0.357. The van der Waals surface area contributed by atoms with E-state index in [9.17, 15) is 4.79 Å². The zero-order valence-electron chi connectivity index (χ0n) is 7.68. The second-order valence-electron chi connectivity index (χ2n) is 3.26. The fourth-order valence-corrected chi connectivity index (χ4v) is 0. The Balaban J connectivity index is -0.000000126. The van der Waals surface area contributed by atoms with E-state index in [0.29, 0.717) is 0 Å². The van der Waals surface area contributed by atoms with Crippen molar-refractivity contribution in [2.24, 2.45) is 0 Å². The molecule has 0 aliphatic carbocycles. The minimum atomic E-state index is -1.23. The van der Waals surface area contributed by atoms with E-state index in [1.807, 2.05) is 20.8 Å². The predicted molar refractivity (Wildman–Crippen MR) is 43.4 cm³/mol. The van der Waals surface area contributed by atoms with Gasteiger partial charge in [0.25, 0.3) is 0 Å². The van der Waals surface area contributed by atoms with Crippen LogP contribution in [0.25, 0.3) is 5.73 Å². The summed E-state index contributed by atoms with van der Waals surface area (Å²) in [5, 5.41) is 15.8. The van der Waals surface area contributed by atoms with Gasteiger partial charge in [0.1, 0.15) is 6.10 Å². The van der Waals surface area contributed by atoms with E-state index in [2.05, 4.69) is 0 Å². The Bertz CT molecular complexity index is 114. The third-order valence-electron chi connectivity index (χ3n) is 0.357. The van der Waals surface area contributed by atoms with Crippen LogP contribution in [0.15, 0.2) is 0 Å². The van der Waals surface area contributed by atoms with E-state index >= 15 is 0 Å². The van der Waals surface area contributed by atoms with Crippen molar-refractivity contribution in [3.8, 4) is 0 Å². The molecule has 0 aliphatic rings. The Hall–Kier alpha value is 0.130. The molecule has 0 radical (unpaired) electrons. The Kier molecular flexibility index (Phi) is 11.7. The normalized spacial score (nSPS) is 11.8. The molecule has 4 nitrogen and oxygen atoms in total. The summed E-state index contributed by atoms with van der Waals surface area (Å²) in [6.45, 7) is 6.76. The Morgan fingerprint density at radius 3 is 1.50 bits per heavy atom. The first-order valence-electron chi connectivity index (χ1n) is 3.30. The minimum absolute atomic E-state index is 0. The molecule has 12 heavy (non-hydrogen) atoms. The summed E-state index contributed by atoms with van der Waals surface area (Å²) in [5.41, 5.74) is 6.69. The zero-order chi connectivity index (χ0) is 9.65. The molecule has 0 fully saturated rings. The first-order valence-corrected chi connectivity index (χ1v) is 3.30. The maximum atomic E-state index is 9.45. The number of carboxylic acid groups (broad SMARTS) is 1. The van der Waals surface area contributed by atoms with E-state index in [-0.39, 0.29) is 27.9 Å². The molecule has 0 saturated heterocycles. The van der Waals surface area contributed by atoms with E-state index < -0.39 is 12.1 Å². The molecule has 0 saturated carbocycles. The standard InChI is InChI=1S/C4H10N.C3H6O3.Ag/c1-4(2,3)5;1-2(4)3(5)6;/h5H,1-3H3;2,4H,1H3,(H,5,6);/q-1;;+1. The SMILES string of the molecule is CC(C)(C)[NH-].CC(O)C(=O)O.[Ag+]. The van der Waals surface area contributed by atoms with Crippen molar-refractivity contribution in [1.29, 1.82) is 0 Å². The molecule has 3 N–H and O–H groups in total. The van der Waals surface area contributed by atoms with Crippen molar-refractivity contribution in [3.63, 3.8) is 0 Å².